The fraction of sp³-hybridized carbons (Fsp3) is 0.769. The van der Waals surface area contributed by atoms with Crippen molar-refractivity contribution in [2.45, 2.75) is 52.3 Å². The monoisotopic (exact) mass is 237 g/mol. The molecule has 2 rings (SSSR count). The van der Waals surface area contributed by atoms with Crippen molar-refractivity contribution in [2.75, 3.05) is 6.61 Å². The first kappa shape index (κ1) is 12.6. The third-order valence-corrected chi connectivity index (χ3v) is 3.60. The van der Waals surface area contributed by atoms with Crippen LogP contribution in [-0.4, -0.2) is 28.5 Å². The van der Waals surface area contributed by atoms with Crippen molar-refractivity contribution >= 4 is 0 Å². The maximum atomic E-state index is 6.27. The molecular weight excluding hydrogens is 214 g/mol. The fourth-order valence-corrected chi connectivity index (χ4v) is 2.66. The van der Waals surface area contributed by atoms with Crippen molar-refractivity contribution in [3.05, 3.63) is 17.5 Å². The van der Waals surface area contributed by atoms with Crippen LogP contribution in [0.5, 0.6) is 0 Å². The molecule has 0 saturated carbocycles. The SMILES string of the molecule is CCn1nc(C)cc1CC(N)C1OCCC1C. The van der Waals surface area contributed by atoms with Gasteiger partial charge in [-0.3, -0.25) is 4.68 Å². The van der Waals surface area contributed by atoms with E-state index in [0.29, 0.717) is 5.92 Å². The van der Waals surface area contributed by atoms with Crippen LogP contribution in [0.25, 0.3) is 0 Å². The molecule has 0 amide bonds. The molecule has 1 fully saturated rings. The van der Waals surface area contributed by atoms with E-state index in [4.69, 9.17) is 10.5 Å². The first-order valence-electron chi connectivity index (χ1n) is 6.52. The molecule has 3 atom stereocenters. The molecule has 0 spiro atoms. The van der Waals surface area contributed by atoms with Crippen LogP contribution in [0.1, 0.15) is 31.7 Å². The number of aryl methyl sites for hydroxylation is 2. The van der Waals surface area contributed by atoms with E-state index >= 15 is 0 Å². The van der Waals surface area contributed by atoms with Crippen LogP contribution >= 0.6 is 0 Å². The van der Waals surface area contributed by atoms with Gasteiger partial charge < -0.3 is 10.5 Å². The summed E-state index contributed by atoms with van der Waals surface area (Å²) < 4.78 is 7.76. The van der Waals surface area contributed by atoms with Gasteiger partial charge in [0, 0.05) is 31.3 Å². The second kappa shape index (κ2) is 5.19. The zero-order chi connectivity index (χ0) is 12.4. The molecule has 3 unspecified atom stereocenters. The maximum absolute atomic E-state index is 6.27. The molecule has 1 aromatic heterocycles. The number of nitrogens with zero attached hydrogens (tertiary/aromatic N) is 2. The lowest BCUT2D eigenvalue weighted by Gasteiger charge is -2.22. The minimum absolute atomic E-state index is 0.0777. The highest BCUT2D eigenvalue weighted by molar-refractivity contribution is 5.11. The van der Waals surface area contributed by atoms with Gasteiger partial charge in [-0.05, 0) is 32.3 Å². The van der Waals surface area contributed by atoms with E-state index in [9.17, 15) is 0 Å². The van der Waals surface area contributed by atoms with Crippen molar-refractivity contribution in [3.63, 3.8) is 0 Å². The minimum atomic E-state index is 0.0777. The molecule has 1 saturated heterocycles. The minimum Gasteiger partial charge on any atom is -0.376 e. The molecule has 4 nitrogen and oxygen atoms in total. The largest absolute Gasteiger partial charge is 0.376 e. The van der Waals surface area contributed by atoms with Crippen LogP contribution in [0.4, 0.5) is 0 Å². The lowest BCUT2D eigenvalue weighted by atomic mass is 9.95. The van der Waals surface area contributed by atoms with Gasteiger partial charge in [0.15, 0.2) is 0 Å². The Kier molecular flexibility index (Phi) is 3.84. The first-order chi connectivity index (χ1) is 8.11. The van der Waals surface area contributed by atoms with Gasteiger partial charge in [-0.1, -0.05) is 6.92 Å². The van der Waals surface area contributed by atoms with Gasteiger partial charge in [0.05, 0.1) is 11.8 Å². The molecule has 96 valence electrons. The summed E-state index contributed by atoms with van der Waals surface area (Å²) in [4.78, 5) is 0. The summed E-state index contributed by atoms with van der Waals surface area (Å²) >= 11 is 0. The zero-order valence-electron chi connectivity index (χ0n) is 11.0. The molecule has 0 aliphatic carbocycles. The van der Waals surface area contributed by atoms with E-state index in [1.165, 1.54) is 5.69 Å². The Hall–Kier alpha value is -0.870. The normalized spacial score (nSPS) is 26.4. The average molecular weight is 237 g/mol. The topological polar surface area (TPSA) is 53.1 Å². The Morgan fingerprint density at radius 2 is 2.41 bits per heavy atom. The van der Waals surface area contributed by atoms with Crippen LogP contribution in [0.3, 0.4) is 0 Å². The van der Waals surface area contributed by atoms with E-state index in [0.717, 1.165) is 31.7 Å². The molecule has 0 bridgehead atoms. The first-order valence-corrected chi connectivity index (χ1v) is 6.52. The van der Waals surface area contributed by atoms with Gasteiger partial charge in [-0.2, -0.15) is 5.10 Å². The van der Waals surface area contributed by atoms with E-state index in [-0.39, 0.29) is 12.1 Å². The zero-order valence-corrected chi connectivity index (χ0v) is 11.0. The molecule has 1 aliphatic rings. The van der Waals surface area contributed by atoms with Gasteiger partial charge in [-0.25, -0.2) is 0 Å². The molecule has 4 heteroatoms. The summed E-state index contributed by atoms with van der Waals surface area (Å²) in [7, 11) is 0. The van der Waals surface area contributed by atoms with Gasteiger partial charge in [0.25, 0.3) is 0 Å². The third-order valence-electron chi connectivity index (χ3n) is 3.60. The predicted octanol–water partition coefficient (Wildman–Crippen LogP) is 1.51. The van der Waals surface area contributed by atoms with Gasteiger partial charge in [0.2, 0.25) is 0 Å². The fourth-order valence-electron chi connectivity index (χ4n) is 2.66. The molecule has 17 heavy (non-hydrogen) atoms. The second-order valence-electron chi connectivity index (χ2n) is 5.06. The summed E-state index contributed by atoms with van der Waals surface area (Å²) in [5, 5.41) is 4.45. The van der Waals surface area contributed by atoms with Crippen molar-refractivity contribution in [1.82, 2.24) is 9.78 Å². The highest BCUT2D eigenvalue weighted by Gasteiger charge is 2.30. The molecule has 2 N–H and O–H groups in total. The summed E-state index contributed by atoms with van der Waals surface area (Å²) in [6.45, 7) is 8.11. The summed E-state index contributed by atoms with van der Waals surface area (Å²) in [6.07, 6.45) is 2.18. The summed E-state index contributed by atoms with van der Waals surface area (Å²) in [5.41, 5.74) is 8.55. The van der Waals surface area contributed by atoms with E-state index in [1.54, 1.807) is 0 Å². The van der Waals surface area contributed by atoms with Gasteiger partial charge in [0.1, 0.15) is 0 Å². The Bertz CT molecular complexity index is 375. The van der Waals surface area contributed by atoms with Crippen LogP contribution < -0.4 is 5.73 Å². The van der Waals surface area contributed by atoms with Crippen molar-refractivity contribution in [1.29, 1.82) is 0 Å². The molecule has 1 aromatic rings. The van der Waals surface area contributed by atoms with Crippen molar-refractivity contribution in [3.8, 4) is 0 Å². The standard InChI is InChI=1S/C13H23N3O/c1-4-16-11(7-10(3)15-16)8-12(14)13-9(2)5-6-17-13/h7,9,12-13H,4-6,8,14H2,1-3H3. The molecule has 0 radical (unpaired) electrons. The molecular formula is C13H23N3O. The Morgan fingerprint density at radius 3 is 3.00 bits per heavy atom. The van der Waals surface area contributed by atoms with Crippen LogP contribution in [-0.2, 0) is 17.7 Å². The maximum Gasteiger partial charge on any atom is 0.0756 e. The number of rotatable bonds is 4. The van der Waals surface area contributed by atoms with E-state index in [1.807, 2.05) is 11.6 Å². The van der Waals surface area contributed by atoms with Crippen LogP contribution in [0, 0.1) is 12.8 Å². The Balaban J connectivity index is 2.04. The number of hydrogen-bond acceptors (Lipinski definition) is 3. The third kappa shape index (κ3) is 2.69. The Labute approximate surface area is 103 Å². The van der Waals surface area contributed by atoms with E-state index < -0.39 is 0 Å². The smallest absolute Gasteiger partial charge is 0.0756 e. The highest BCUT2D eigenvalue weighted by Crippen LogP contribution is 2.23. The van der Waals surface area contributed by atoms with Crippen LogP contribution in [0.2, 0.25) is 0 Å². The number of ether oxygens (including phenoxy) is 1. The number of nitrogens with two attached hydrogens (primary N) is 1. The molecule has 0 aromatic carbocycles. The lowest BCUT2D eigenvalue weighted by Crippen LogP contribution is -2.39. The van der Waals surface area contributed by atoms with Gasteiger partial charge >= 0.3 is 0 Å². The lowest BCUT2D eigenvalue weighted by molar-refractivity contribution is 0.0721. The molecule has 1 aliphatic heterocycles. The van der Waals surface area contributed by atoms with Gasteiger partial charge in [-0.15, -0.1) is 0 Å². The Morgan fingerprint density at radius 1 is 1.65 bits per heavy atom. The van der Waals surface area contributed by atoms with E-state index in [2.05, 4.69) is 25.0 Å². The number of aromatic nitrogens is 2. The van der Waals surface area contributed by atoms with Crippen molar-refractivity contribution in [2.24, 2.45) is 11.7 Å². The highest BCUT2D eigenvalue weighted by atomic mass is 16.5. The quantitative estimate of drug-likeness (QED) is 0.863. The average Bonchev–Trinajstić information content (AvgIpc) is 2.84. The van der Waals surface area contributed by atoms with Crippen molar-refractivity contribution < 1.29 is 4.74 Å². The number of hydrogen-bond donors (Lipinski definition) is 1. The second-order valence-corrected chi connectivity index (χ2v) is 5.06. The molecule has 2 heterocycles. The summed E-state index contributed by atoms with van der Waals surface area (Å²) in [6, 6.07) is 2.21. The van der Waals surface area contributed by atoms with Crippen LogP contribution in [0.15, 0.2) is 6.07 Å². The summed E-state index contributed by atoms with van der Waals surface area (Å²) in [5.74, 6) is 0.573. The predicted molar refractivity (Wildman–Crippen MR) is 67.8 cm³/mol.